The standard InChI is InChI=1S/C16H19N5O2S/c1-8(22)7-17-15(23)13-19-14-12-10-5-3-4-6-11(10)24-16(12)18-9(2)21(14)20-13/h8,22H,3-7H2,1-2H3,(H,17,23). The van der Waals surface area contributed by atoms with Crippen molar-refractivity contribution in [3.63, 3.8) is 0 Å². The van der Waals surface area contributed by atoms with Crippen LogP contribution in [0.2, 0.25) is 0 Å². The predicted molar refractivity (Wildman–Crippen MR) is 91.6 cm³/mol. The number of thiophene rings is 1. The maximum atomic E-state index is 12.2. The van der Waals surface area contributed by atoms with Crippen LogP contribution in [-0.4, -0.2) is 43.2 Å². The van der Waals surface area contributed by atoms with Gasteiger partial charge in [0.2, 0.25) is 5.82 Å². The molecule has 0 fully saturated rings. The van der Waals surface area contributed by atoms with Crippen molar-refractivity contribution in [1.82, 2.24) is 24.9 Å². The molecule has 24 heavy (non-hydrogen) atoms. The predicted octanol–water partition coefficient (Wildman–Crippen LogP) is 1.64. The molecule has 1 atom stereocenters. The van der Waals surface area contributed by atoms with Crippen LogP contribution in [0.1, 0.15) is 46.6 Å². The van der Waals surface area contributed by atoms with Gasteiger partial charge in [0, 0.05) is 11.4 Å². The van der Waals surface area contributed by atoms with E-state index in [0.717, 1.165) is 28.9 Å². The summed E-state index contributed by atoms with van der Waals surface area (Å²) in [6, 6.07) is 0. The first-order valence-corrected chi connectivity index (χ1v) is 9.00. The zero-order valence-electron chi connectivity index (χ0n) is 13.7. The summed E-state index contributed by atoms with van der Waals surface area (Å²) in [6.07, 6.45) is 3.91. The lowest BCUT2D eigenvalue weighted by molar-refractivity contribution is 0.0914. The molecule has 0 saturated heterocycles. The Balaban J connectivity index is 1.86. The number of carbonyl (C=O) groups is 1. The molecule has 3 heterocycles. The molecular weight excluding hydrogens is 326 g/mol. The first-order chi connectivity index (χ1) is 11.5. The number of hydrogen-bond acceptors (Lipinski definition) is 6. The lowest BCUT2D eigenvalue weighted by Crippen LogP contribution is -2.31. The molecule has 0 saturated carbocycles. The van der Waals surface area contributed by atoms with Crippen LogP contribution in [0.15, 0.2) is 0 Å². The van der Waals surface area contributed by atoms with Crippen molar-refractivity contribution in [3.8, 4) is 0 Å². The summed E-state index contributed by atoms with van der Waals surface area (Å²) >= 11 is 1.73. The van der Waals surface area contributed by atoms with Crippen LogP contribution in [-0.2, 0) is 12.8 Å². The fraction of sp³-hybridized carbons (Fsp3) is 0.500. The highest BCUT2D eigenvalue weighted by Gasteiger charge is 2.23. The van der Waals surface area contributed by atoms with Crippen LogP contribution in [0.4, 0.5) is 0 Å². The van der Waals surface area contributed by atoms with E-state index < -0.39 is 6.10 Å². The number of hydrogen-bond donors (Lipinski definition) is 2. The van der Waals surface area contributed by atoms with E-state index in [4.69, 9.17) is 0 Å². The van der Waals surface area contributed by atoms with E-state index in [0.29, 0.717) is 5.65 Å². The van der Waals surface area contributed by atoms with Gasteiger partial charge in [-0.3, -0.25) is 4.79 Å². The Morgan fingerprint density at radius 3 is 2.96 bits per heavy atom. The van der Waals surface area contributed by atoms with E-state index in [1.807, 2.05) is 6.92 Å². The Kier molecular flexibility index (Phi) is 3.73. The van der Waals surface area contributed by atoms with Crippen molar-refractivity contribution < 1.29 is 9.90 Å². The lowest BCUT2D eigenvalue weighted by Gasteiger charge is -2.10. The summed E-state index contributed by atoms with van der Waals surface area (Å²) in [6.45, 7) is 3.67. The third-order valence-electron chi connectivity index (χ3n) is 4.31. The number of nitrogens with zero attached hydrogens (tertiary/aromatic N) is 4. The smallest absolute Gasteiger partial charge is 0.291 e. The highest BCUT2D eigenvalue weighted by atomic mass is 32.1. The Morgan fingerprint density at radius 1 is 1.38 bits per heavy atom. The minimum atomic E-state index is -0.606. The number of aliphatic hydroxyl groups excluding tert-OH is 1. The van der Waals surface area contributed by atoms with E-state index in [-0.39, 0.29) is 18.3 Å². The van der Waals surface area contributed by atoms with Crippen molar-refractivity contribution in [1.29, 1.82) is 0 Å². The van der Waals surface area contributed by atoms with Crippen molar-refractivity contribution in [2.24, 2.45) is 0 Å². The number of rotatable bonds is 3. The zero-order chi connectivity index (χ0) is 16.8. The highest BCUT2D eigenvalue weighted by Crippen LogP contribution is 2.37. The van der Waals surface area contributed by atoms with Gasteiger partial charge in [0.25, 0.3) is 5.91 Å². The molecule has 0 radical (unpaired) electrons. The molecule has 3 aromatic heterocycles. The second-order valence-electron chi connectivity index (χ2n) is 6.28. The molecule has 0 spiro atoms. The molecule has 1 amide bonds. The van der Waals surface area contributed by atoms with Crippen molar-refractivity contribution in [2.45, 2.75) is 45.6 Å². The summed E-state index contributed by atoms with van der Waals surface area (Å²) in [4.78, 5) is 23.7. The monoisotopic (exact) mass is 345 g/mol. The molecule has 2 N–H and O–H groups in total. The summed E-state index contributed by atoms with van der Waals surface area (Å²) < 4.78 is 1.65. The summed E-state index contributed by atoms with van der Waals surface area (Å²) in [5.74, 6) is 0.457. The van der Waals surface area contributed by atoms with Gasteiger partial charge in [-0.1, -0.05) is 0 Å². The molecule has 0 aromatic carbocycles. The maximum absolute atomic E-state index is 12.2. The van der Waals surface area contributed by atoms with E-state index in [9.17, 15) is 9.90 Å². The second-order valence-corrected chi connectivity index (χ2v) is 7.36. The molecule has 3 aromatic rings. The third kappa shape index (κ3) is 2.46. The number of aryl methyl sites for hydroxylation is 3. The Morgan fingerprint density at radius 2 is 2.17 bits per heavy atom. The van der Waals surface area contributed by atoms with Crippen molar-refractivity contribution in [3.05, 3.63) is 22.1 Å². The van der Waals surface area contributed by atoms with Gasteiger partial charge >= 0.3 is 0 Å². The number of amides is 1. The highest BCUT2D eigenvalue weighted by molar-refractivity contribution is 7.19. The molecular formula is C16H19N5O2S. The number of aromatic nitrogens is 4. The molecule has 8 heteroatoms. The Bertz CT molecular complexity index is 943. The first-order valence-electron chi connectivity index (χ1n) is 8.18. The Labute approximate surface area is 142 Å². The van der Waals surface area contributed by atoms with Crippen LogP contribution in [0.25, 0.3) is 15.9 Å². The summed E-state index contributed by atoms with van der Waals surface area (Å²) in [5, 5.41) is 17.3. The number of carbonyl (C=O) groups excluding carboxylic acids is 1. The van der Waals surface area contributed by atoms with Gasteiger partial charge < -0.3 is 10.4 Å². The average Bonchev–Trinajstić information content (AvgIpc) is 3.13. The van der Waals surface area contributed by atoms with E-state index in [1.165, 1.54) is 23.3 Å². The van der Waals surface area contributed by atoms with Crippen LogP contribution in [0.3, 0.4) is 0 Å². The van der Waals surface area contributed by atoms with E-state index >= 15 is 0 Å². The molecule has 0 bridgehead atoms. The van der Waals surface area contributed by atoms with Gasteiger partial charge in [-0.25, -0.2) is 9.97 Å². The minimum Gasteiger partial charge on any atom is -0.392 e. The minimum absolute atomic E-state index is 0.115. The number of fused-ring (bicyclic) bond motifs is 5. The van der Waals surface area contributed by atoms with E-state index in [2.05, 4.69) is 20.4 Å². The number of nitrogens with one attached hydrogen (secondary N) is 1. The molecule has 1 aliphatic rings. The Hall–Kier alpha value is -2.06. The topological polar surface area (TPSA) is 92.4 Å². The third-order valence-corrected chi connectivity index (χ3v) is 5.50. The fourth-order valence-electron chi connectivity index (χ4n) is 3.17. The average molecular weight is 345 g/mol. The van der Waals surface area contributed by atoms with Crippen LogP contribution in [0, 0.1) is 6.92 Å². The number of aliphatic hydroxyl groups is 1. The van der Waals surface area contributed by atoms with Crippen LogP contribution >= 0.6 is 11.3 Å². The van der Waals surface area contributed by atoms with Gasteiger partial charge in [0.05, 0.1) is 11.5 Å². The van der Waals surface area contributed by atoms with Gasteiger partial charge in [-0.2, -0.15) is 4.52 Å². The van der Waals surface area contributed by atoms with E-state index in [1.54, 1.807) is 22.8 Å². The normalized spacial score (nSPS) is 15.6. The molecule has 126 valence electrons. The SMILES string of the molecule is Cc1nc2sc3c(c2c2nc(C(=O)NCC(C)O)nn12)CCCC3. The first kappa shape index (κ1) is 15.5. The zero-order valence-corrected chi connectivity index (χ0v) is 14.5. The molecule has 1 aliphatic carbocycles. The van der Waals surface area contributed by atoms with Crippen LogP contribution in [0.5, 0.6) is 0 Å². The summed E-state index contributed by atoms with van der Waals surface area (Å²) in [5.41, 5.74) is 2.03. The maximum Gasteiger partial charge on any atom is 0.291 e. The quantitative estimate of drug-likeness (QED) is 0.753. The molecule has 1 unspecified atom stereocenters. The molecule has 0 aliphatic heterocycles. The van der Waals surface area contributed by atoms with Gasteiger partial charge in [0.15, 0.2) is 5.65 Å². The van der Waals surface area contributed by atoms with Crippen LogP contribution < -0.4 is 5.32 Å². The van der Waals surface area contributed by atoms with Gasteiger partial charge in [-0.05, 0) is 45.1 Å². The van der Waals surface area contributed by atoms with Gasteiger partial charge in [-0.15, -0.1) is 16.4 Å². The van der Waals surface area contributed by atoms with Crippen molar-refractivity contribution >= 4 is 33.1 Å². The second kappa shape index (κ2) is 5.78. The fourth-order valence-corrected chi connectivity index (χ4v) is 4.47. The van der Waals surface area contributed by atoms with Gasteiger partial charge in [0.1, 0.15) is 10.7 Å². The lowest BCUT2D eigenvalue weighted by atomic mass is 9.97. The largest absolute Gasteiger partial charge is 0.392 e. The molecule has 7 nitrogen and oxygen atoms in total. The summed E-state index contributed by atoms with van der Waals surface area (Å²) in [7, 11) is 0. The molecule has 4 rings (SSSR count). The van der Waals surface area contributed by atoms with Crippen molar-refractivity contribution in [2.75, 3.05) is 6.54 Å².